The number of nitriles is 1. The molecule has 2 rings (SSSR count). The fraction of sp³-hybridized carbons (Fsp3) is 0.0833. The Balaban J connectivity index is 2.41. The number of aromatic amines is 1. The van der Waals surface area contributed by atoms with Gasteiger partial charge in [-0.1, -0.05) is 6.07 Å². The van der Waals surface area contributed by atoms with Crippen molar-refractivity contribution >= 4 is 0 Å². The summed E-state index contributed by atoms with van der Waals surface area (Å²) < 4.78 is 14.6. The van der Waals surface area contributed by atoms with E-state index in [0.29, 0.717) is 0 Å². The average molecular weight is 245 g/mol. The lowest BCUT2D eigenvalue weighted by atomic mass is 10.1. The summed E-state index contributed by atoms with van der Waals surface area (Å²) in [5, 5.41) is 10.9. The highest BCUT2D eigenvalue weighted by Gasteiger charge is 2.05. The fourth-order valence-electron chi connectivity index (χ4n) is 1.50. The van der Waals surface area contributed by atoms with Gasteiger partial charge in [0.25, 0.3) is 11.1 Å². The summed E-state index contributed by atoms with van der Waals surface area (Å²) in [7, 11) is 0. The number of aromatic nitrogens is 2. The third kappa shape index (κ3) is 2.35. The van der Waals surface area contributed by atoms with Gasteiger partial charge in [-0.2, -0.15) is 5.26 Å². The first-order valence-corrected chi connectivity index (χ1v) is 5.09. The zero-order valence-electron chi connectivity index (χ0n) is 9.18. The Morgan fingerprint density at radius 3 is 2.72 bits per heavy atom. The molecule has 5 nitrogen and oxygen atoms in total. The monoisotopic (exact) mass is 245 g/mol. The molecule has 90 valence electrons. The van der Waals surface area contributed by atoms with Crippen molar-refractivity contribution < 1.29 is 4.39 Å². The molecular weight excluding hydrogens is 237 g/mol. The van der Waals surface area contributed by atoms with Crippen molar-refractivity contribution in [3.8, 4) is 6.07 Å². The molecule has 1 N–H and O–H groups in total. The van der Waals surface area contributed by atoms with Crippen molar-refractivity contribution in [2.75, 3.05) is 0 Å². The Morgan fingerprint density at radius 2 is 2.06 bits per heavy atom. The van der Waals surface area contributed by atoms with E-state index in [2.05, 4.69) is 5.10 Å². The molecule has 1 aromatic carbocycles. The zero-order chi connectivity index (χ0) is 13.1. The lowest BCUT2D eigenvalue weighted by Crippen LogP contribution is -2.28. The van der Waals surface area contributed by atoms with Crippen molar-refractivity contribution in [3.63, 3.8) is 0 Å². The number of hydrogen-bond acceptors (Lipinski definition) is 3. The second-order valence-electron chi connectivity index (χ2n) is 3.65. The largest absolute Gasteiger partial charge is 0.268 e. The summed E-state index contributed by atoms with van der Waals surface area (Å²) in [6.45, 7) is -0.0908. The number of nitrogens with zero attached hydrogens (tertiary/aromatic N) is 2. The normalized spacial score (nSPS) is 10.0. The predicted octanol–water partition coefficient (Wildman–Crippen LogP) is 0.596. The van der Waals surface area contributed by atoms with E-state index in [4.69, 9.17) is 5.26 Å². The molecule has 0 saturated heterocycles. The van der Waals surface area contributed by atoms with Crippen LogP contribution in [-0.2, 0) is 6.54 Å². The van der Waals surface area contributed by atoms with Crippen molar-refractivity contribution in [2.24, 2.45) is 0 Å². The summed E-state index contributed by atoms with van der Waals surface area (Å²) >= 11 is 0. The van der Waals surface area contributed by atoms with Gasteiger partial charge in [-0.25, -0.2) is 9.07 Å². The molecule has 0 amide bonds. The highest BCUT2D eigenvalue weighted by molar-refractivity contribution is 5.32. The number of nitrogens with one attached hydrogen (secondary N) is 1. The summed E-state index contributed by atoms with van der Waals surface area (Å²) in [5.74, 6) is -0.592. The van der Waals surface area contributed by atoms with Gasteiger partial charge in [0, 0.05) is 17.7 Å². The SMILES string of the molecule is N#Cc1ccc(Cn2[nH]c(=O)ccc2=O)c(F)c1. The molecule has 2 aromatic rings. The molecule has 6 heteroatoms. The number of H-pyrrole nitrogens is 1. The van der Waals surface area contributed by atoms with Crippen LogP contribution in [0, 0.1) is 17.1 Å². The fourth-order valence-corrected chi connectivity index (χ4v) is 1.50. The topological polar surface area (TPSA) is 78.7 Å². The van der Waals surface area contributed by atoms with E-state index >= 15 is 0 Å². The molecule has 0 aliphatic rings. The van der Waals surface area contributed by atoms with Gasteiger partial charge >= 0.3 is 0 Å². The maximum atomic E-state index is 13.6. The zero-order valence-corrected chi connectivity index (χ0v) is 9.18. The van der Waals surface area contributed by atoms with E-state index in [9.17, 15) is 14.0 Å². The van der Waals surface area contributed by atoms with E-state index < -0.39 is 16.9 Å². The lowest BCUT2D eigenvalue weighted by Gasteiger charge is -2.06. The molecule has 0 aliphatic carbocycles. The molecule has 0 unspecified atom stereocenters. The van der Waals surface area contributed by atoms with Gasteiger partial charge in [-0.3, -0.25) is 14.7 Å². The van der Waals surface area contributed by atoms with Crippen LogP contribution in [-0.4, -0.2) is 9.78 Å². The maximum absolute atomic E-state index is 13.6. The Kier molecular flexibility index (Phi) is 3.06. The van der Waals surface area contributed by atoms with Crippen LogP contribution >= 0.6 is 0 Å². The van der Waals surface area contributed by atoms with Gasteiger partial charge in [-0.15, -0.1) is 0 Å². The van der Waals surface area contributed by atoms with E-state index in [-0.39, 0.29) is 17.7 Å². The quantitative estimate of drug-likeness (QED) is 0.841. The van der Waals surface area contributed by atoms with Crippen LogP contribution in [0.1, 0.15) is 11.1 Å². The highest BCUT2D eigenvalue weighted by Crippen LogP contribution is 2.10. The van der Waals surface area contributed by atoms with Crippen LogP contribution in [0.2, 0.25) is 0 Å². The van der Waals surface area contributed by atoms with Crippen LogP contribution in [0.3, 0.4) is 0 Å². The molecule has 1 heterocycles. The minimum absolute atomic E-state index is 0.0908. The molecule has 18 heavy (non-hydrogen) atoms. The van der Waals surface area contributed by atoms with Gasteiger partial charge in [-0.05, 0) is 12.1 Å². The van der Waals surface area contributed by atoms with Crippen molar-refractivity contribution in [3.05, 3.63) is 68.0 Å². The minimum Gasteiger partial charge on any atom is -0.268 e. The van der Waals surface area contributed by atoms with Gasteiger partial charge in [0.15, 0.2) is 0 Å². The second kappa shape index (κ2) is 4.67. The van der Waals surface area contributed by atoms with Crippen molar-refractivity contribution in [1.29, 1.82) is 5.26 Å². The molecule has 0 spiro atoms. The van der Waals surface area contributed by atoms with Gasteiger partial charge in [0.05, 0.1) is 18.2 Å². The van der Waals surface area contributed by atoms with Crippen LogP contribution in [0.25, 0.3) is 0 Å². The third-order valence-corrected chi connectivity index (χ3v) is 2.40. The van der Waals surface area contributed by atoms with Crippen molar-refractivity contribution in [2.45, 2.75) is 6.54 Å². The lowest BCUT2D eigenvalue weighted by molar-refractivity contribution is 0.568. The first-order chi connectivity index (χ1) is 8.60. The van der Waals surface area contributed by atoms with Crippen LogP contribution in [0.15, 0.2) is 39.9 Å². The van der Waals surface area contributed by atoms with E-state index in [0.717, 1.165) is 22.9 Å². The first kappa shape index (κ1) is 11.8. The molecule has 0 bridgehead atoms. The van der Waals surface area contributed by atoms with Crippen molar-refractivity contribution in [1.82, 2.24) is 9.78 Å². The summed E-state index contributed by atoms with van der Waals surface area (Å²) in [6, 6.07) is 7.97. The number of hydrogen-bond donors (Lipinski definition) is 1. The Morgan fingerprint density at radius 1 is 1.28 bits per heavy atom. The standard InChI is InChI=1S/C12H8FN3O2/c13-10-5-8(6-14)1-2-9(10)7-16-12(18)4-3-11(17)15-16/h1-5H,7H2,(H,15,17). The third-order valence-electron chi connectivity index (χ3n) is 2.40. The molecule has 0 aliphatic heterocycles. The van der Waals surface area contributed by atoms with Gasteiger partial charge in [0.1, 0.15) is 5.82 Å². The van der Waals surface area contributed by atoms with Crippen LogP contribution in [0.4, 0.5) is 4.39 Å². The minimum atomic E-state index is -0.592. The Bertz CT molecular complexity index is 740. The molecule has 0 saturated carbocycles. The molecule has 0 atom stereocenters. The van der Waals surface area contributed by atoms with Crippen LogP contribution in [0.5, 0.6) is 0 Å². The average Bonchev–Trinajstić information content (AvgIpc) is 2.36. The molecule has 0 fully saturated rings. The van der Waals surface area contributed by atoms with E-state index in [1.54, 1.807) is 0 Å². The first-order valence-electron chi connectivity index (χ1n) is 5.09. The number of halogens is 1. The molecule has 1 aromatic heterocycles. The van der Waals surface area contributed by atoms with E-state index in [1.165, 1.54) is 12.1 Å². The Labute approximate surface area is 101 Å². The summed E-state index contributed by atoms with van der Waals surface area (Å²) in [6.07, 6.45) is 0. The summed E-state index contributed by atoms with van der Waals surface area (Å²) in [5.41, 5.74) is -0.454. The predicted molar refractivity (Wildman–Crippen MR) is 61.5 cm³/mol. The summed E-state index contributed by atoms with van der Waals surface area (Å²) in [4.78, 5) is 22.5. The van der Waals surface area contributed by atoms with Crippen LogP contribution < -0.4 is 11.1 Å². The smallest absolute Gasteiger partial charge is 0.265 e. The highest BCUT2D eigenvalue weighted by atomic mass is 19.1. The number of benzene rings is 1. The van der Waals surface area contributed by atoms with Gasteiger partial charge in [0.2, 0.25) is 0 Å². The number of rotatable bonds is 2. The molecule has 0 radical (unpaired) electrons. The Hall–Kier alpha value is -2.68. The maximum Gasteiger partial charge on any atom is 0.265 e. The second-order valence-corrected chi connectivity index (χ2v) is 3.65. The van der Waals surface area contributed by atoms with Gasteiger partial charge < -0.3 is 0 Å². The molecular formula is C12H8FN3O2. The van der Waals surface area contributed by atoms with E-state index in [1.807, 2.05) is 6.07 Å².